The van der Waals surface area contributed by atoms with Crippen LogP contribution in [0.1, 0.15) is 24.1 Å². The van der Waals surface area contributed by atoms with Gasteiger partial charge in [-0.25, -0.2) is 4.79 Å². The van der Waals surface area contributed by atoms with Gasteiger partial charge in [-0.05, 0) is 69.4 Å². The maximum Gasteiger partial charge on any atom is 0.319 e. The van der Waals surface area contributed by atoms with Gasteiger partial charge in [-0.2, -0.15) is 0 Å². The van der Waals surface area contributed by atoms with E-state index in [1.165, 1.54) is 0 Å². The van der Waals surface area contributed by atoms with Crippen LogP contribution in [0, 0.1) is 6.92 Å². The molecule has 2 aromatic rings. The van der Waals surface area contributed by atoms with Crippen molar-refractivity contribution in [1.29, 1.82) is 0 Å². The third-order valence-electron chi connectivity index (χ3n) is 4.31. The molecule has 1 atom stereocenters. The van der Waals surface area contributed by atoms with Gasteiger partial charge < -0.3 is 25.0 Å². The SMILES string of the molecule is CCOc1ccc(NC(=O)NCC(c2cccc(OC)c2)N(C)C)c(C)c1. The predicted octanol–water partition coefficient (Wildman–Crippen LogP) is 3.83. The summed E-state index contributed by atoms with van der Waals surface area (Å²) >= 11 is 0. The zero-order chi connectivity index (χ0) is 19.8. The Kier molecular flexibility index (Phi) is 7.49. The molecule has 0 radical (unpaired) electrons. The predicted molar refractivity (Wildman–Crippen MR) is 109 cm³/mol. The van der Waals surface area contributed by atoms with E-state index in [1.54, 1.807) is 7.11 Å². The Morgan fingerprint density at radius 3 is 2.56 bits per heavy atom. The summed E-state index contributed by atoms with van der Waals surface area (Å²) in [4.78, 5) is 14.4. The Hall–Kier alpha value is -2.73. The second-order valence-corrected chi connectivity index (χ2v) is 6.50. The average molecular weight is 371 g/mol. The second kappa shape index (κ2) is 9.83. The van der Waals surface area contributed by atoms with Crippen molar-refractivity contribution in [2.24, 2.45) is 0 Å². The molecule has 0 bridgehead atoms. The van der Waals surface area contributed by atoms with Crippen LogP contribution < -0.4 is 20.1 Å². The molecule has 27 heavy (non-hydrogen) atoms. The molecular formula is C21H29N3O3. The topological polar surface area (TPSA) is 62.8 Å². The molecular weight excluding hydrogens is 342 g/mol. The Morgan fingerprint density at radius 2 is 1.93 bits per heavy atom. The van der Waals surface area contributed by atoms with E-state index in [4.69, 9.17) is 9.47 Å². The summed E-state index contributed by atoms with van der Waals surface area (Å²) < 4.78 is 10.8. The monoisotopic (exact) mass is 371 g/mol. The van der Waals surface area contributed by atoms with Gasteiger partial charge in [0.05, 0.1) is 19.8 Å². The van der Waals surface area contributed by atoms with Crippen LogP contribution >= 0.6 is 0 Å². The first-order valence-electron chi connectivity index (χ1n) is 9.03. The van der Waals surface area contributed by atoms with Crippen LogP contribution in [0.15, 0.2) is 42.5 Å². The molecule has 1 unspecified atom stereocenters. The van der Waals surface area contributed by atoms with Gasteiger partial charge in [0.2, 0.25) is 0 Å². The number of methoxy groups -OCH3 is 1. The number of carbonyl (C=O) groups is 1. The highest BCUT2D eigenvalue weighted by Crippen LogP contribution is 2.23. The fourth-order valence-corrected chi connectivity index (χ4v) is 2.84. The lowest BCUT2D eigenvalue weighted by atomic mass is 10.1. The van der Waals surface area contributed by atoms with Crippen LogP contribution in [0.2, 0.25) is 0 Å². The Labute approximate surface area is 161 Å². The molecule has 0 saturated heterocycles. The number of urea groups is 1. The fourth-order valence-electron chi connectivity index (χ4n) is 2.84. The minimum Gasteiger partial charge on any atom is -0.497 e. The minimum absolute atomic E-state index is 0.0345. The van der Waals surface area contributed by atoms with Gasteiger partial charge in [0, 0.05) is 12.2 Å². The third kappa shape index (κ3) is 5.89. The normalized spacial score (nSPS) is 11.8. The number of rotatable bonds is 8. The van der Waals surface area contributed by atoms with Crippen molar-refractivity contribution >= 4 is 11.7 Å². The van der Waals surface area contributed by atoms with Crippen LogP contribution in [-0.4, -0.2) is 45.3 Å². The molecule has 6 heteroatoms. The molecule has 0 aliphatic heterocycles. The molecule has 2 rings (SSSR count). The molecule has 146 valence electrons. The largest absolute Gasteiger partial charge is 0.497 e. The average Bonchev–Trinajstić information content (AvgIpc) is 2.64. The molecule has 2 amide bonds. The number of anilines is 1. The quantitative estimate of drug-likeness (QED) is 0.740. The van der Waals surface area contributed by atoms with Crippen LogP contribution in [0.25, 0.3) is 0 Å². The van der Waals surface area contributed by atoms with Gasteiger partial charge in [0.15, 0.2) is 0 Å². The molecule has 2 aromatic carbocycles. The van der Waals surface area contributed by atoms with Crippen molar-refractivity contribution in [3.63, 3.8) is 0 Å². The Balaban J connectivity index is 1.99. The molecule has 2 N–H and O–H groups in total. The first-order valence-corrected chi connectivity index (χ1v) is 9.03. The van der Waals surface area contributed by atoms with Crippen LogP contribution in [0.5, 0.6) is 11.5 Å². The molecule has 0 aliphatic carbocycles. The summed E-state index contributed by atoms with van der Waals surface area (Å²) in [6, 6.07) is 13.3. The summed E-state index contributed by atoms with van der Waals surface area (Å²) in [5.74, 6) is 1.60. The molecule has 0 heterocycles. The molecule has 0 fully saturated rings. The van der Waals surface area contributed by atoms with Gasteiger partial charge >= 0.3 is 6.03 Å². The van der Waals surface area contributed by atoms with Gasteiger partial charge in [-0.15, -0.1) is 0 Å². The summed E-state index contributed by atoms with van der Waals surface area (Å²) in [5, 5.41) is 5.85. The van der Waals surface area contributed by atoms with Gasteiger partial charge in [0.25, 0.3) is 0 Å². The zero-order valence-corrected chi connectivity index (χ0v) is 16.7. The van der Waals surface area contributed by atoms with Gasteiger partial charge in [0.1, 0.15) is 11.5 Å². The third-order valence-corrected chi connectivity index (χ3v) is 4.31. The summed E-state index contributed by atoms with van der Waals surface area (Å²) in [7, 11) is 5.62. The Morgan fingerprint density at radius 1 is 1.15 bits per heavy atom. The van der Waals surface area contributed by atoms with E-state index in [2.05, 4.69) is 15.5 Å². The van der Waals surface area contributed by atoms with E-state index in [1.807, 2.05) is 70.4 Å². The lowest BCUT2D eigenvalue weighted by Gasteiger charge is -2.25. The number of amides is 2. The first-order chi connectivity index (χ1) is 12.9. The molecule has 6 nitrogen and oxygen atoms in total. The molecule has 0 spiro atoms. The number of likely N-dealkylation sites (N-methyl/N-ethyl adjacent to an activating group) is 1. The Bertz CT molecular complexity index is 762. The number of hydrogen-bond donors (Lipinski definition) is 2. The van der Waals surface area contributed by atoms with Crippen LogP contribution in [0.3, 0.4) is 0 Å². The highest BCUT2D eigenvalue weighted by Gasteiger charge is 2.16. The standard InChI is InChI=1S/C21H29N3O3/c1-6-27-18-10-11-19(15(2)12-18)23-21(25)22-14-20(24(3)4)16-8-7-9-17(13-16)26-5/h7-13,20H,6,14H2,1-5H3,(H2,22,23,25). The number of aryl methyl sites for hydroxylation is 1. The number of hydrogen-bond acceptors (Lipinski definition) is 4. The molecule has 0 saturated carbocycles. The maximum absolute atomic E-state index is 12.4. The van der Waals surface area contributed by atoms with E-state index in [0.29, 0.717) is 13.2 Å². The minimum atomic E-state index is -0.239. The zero-order valence-electron chi connectivity index (χ0n) is 16.7. The van der Waals surface area contributed by atoms with Gasteiger partial charge in [-0.1, -0.05) is 12.1 Å². The lowest BCUT2D eigenvalue weighted by Crippen LogP contribution is -2.37. The highest BCUT2D eigenvalue weighted by molar-refractivity contribution is 5.90. The smallest absolute Gasteiger partial charge is 0.319 e. The molecule has 0 aromatic heterocycles. The maximum atomic E-state index is 12.4. The van der Waals surface area contributed by atoms with Crippen molar-refractivity contribution in [3.05, 3.63) is 53.6 Å². The van der Waals surface area contributed by atoms with Crippen LogP contribution in [-0.2, 0) is 0 Å². The molecule has 0 aliphatic rings. The summed E-state index contributed by atoms with van der Waals surface area (Å²) in [5.41, 5.74) is 2.80. The first kappa shape index (κ1) is 20.6. The summed E-state index contributed by atoms with van der Waals surface area (Å²) in [6.07, 6.45) is 0. The van der Waals surface area contributed by atoms with E-state index in [0.717, 1.165) is 28.3 Å². The number of carbonyl (C=O) groups excluding carboxylic acids is 1. The van der Waals surface area contributed by atoms with Crippen molar-refractivity contribution < 1.29 is 14.3 Å². The van der Waals surface area contributed by atoms with Crippen molar-refractivity contribution in [1.82, 2.24) is 10.2 Å². The van der Waals surface area contributed by atoms with Gasteiger partial charge in [-0.3, -0.25) is 0 Å². The van der Waals surface area contributed by atoms with E-state index in [9.17, 15) is 4.79 Å². The summed E-state index contributed by atoms with van der Waals surface area (Å²) in [6.45, 7) is 4.97. The van der Waals surface area contributed by atoms with Crippen molar-refractivity contribution in [2.75, 3.05) is 39.7 Å². The lowest BCUT2D eigenvalue weighted by molar-refractivity contribution is 0.243. The van der Waals surface area contributed by atoms with E-state index >= 15 is 0 Å². The second-order valence-electron chi connectivity index (χ2n) is 6.50. The van der Waals surface area contributed by atoms with E-state index in [-0.39, 0.29) is 12.1 Å². The van der Waals surface area contributed by atoms with E-state index < -0.39 is 0 Å². The number of nitrogens with one attached hydrogen (secondary N) is 2. The number of nitrogens with zero attached hydrogens (tertiary/aromatic N) is 1. The fraction of sp³-hybridized carbons (Fsp3) is 0.381. The highest BCUT2D eigenvalue weighted by atomic mass is 16.5. The number of ether oxygens (including phenoxy) is 2. The van der Waals surface area contributed by atoms with Crippen LogP contribution in [0.4, 0.5) is 10.5 Å². The van der Waals surface area contributed by atoms with Crippen molar-refractivity contribution in [3.8, 4) is 11.5 Å². The number of benzene rings is 2. The van der Waals surface area contributed by atoms with Crippen molar-refractivity contribution in [2.45, 2.75) is 19.9 Å².